The fourth-order valence-corrected chi connectivity index (χ4v) is 3.71. The minimum Gasteiger partial charge on any atom is -0.338 e. The predicted octanol–water partition coefficient (Wildman–Crippen LogP) is 2.81. The molecule has 3 rings (SSSR count). The van der Waals surface area contributed by atoms with E-state index in [-0.39, 0.29) is 12.1 Å². The molecular formula is C16H20N4OS. The van der Waals surface area contributed by atoms with Crippen molar-refractivity contribution in [1.82, 2.24) is 20.2 Å². The van der Waals surface area contributed by atoms with Gasteiger partial charge in [-0.3, -0.25) is 0 Å². The van der Waals surface area contributed by atoms with Crippen LogP contribution >= 0.6 is 11.8 Å². The van der Waals surface area contributed by atoms with E-state index in [4.69, 9.17) is 0 Å². The Morgan fingerprint density at radius 3 is 3.18 bits per heavy atom. The van der Waals surface area contributed by atoms with Crippen molar-refractivity contribution in [3.05, 3.63) is 48.5 Å². The molecule has 2 N–H and O–H groups in total. The van der Waals surface area contributed by atoms with Gasteiger partial charge < -0.3 is 15.2 Å². The predicted molar refractivity (Wildman–Crippen MR) is 87.9 cm³/mol. The molecule has 1 aliphatic rings. The molecule has 2 amide bonds. The standard InChI is InChI=1S/C16H20N4OS/c21-16(18-7-3-9-20-10-8-17-12-20)19-14-6-11-22-15-5-2-1-4-13(14)15/h1-2,4-5,8,10,12,14H,3,6-7,9,11H2,(H2,18,19,21)/t14-/m1/s1. The van der Waals surface area contributed by atoms with Crippen molar-refractivity contribution in [2.75, 3.05) is 12.3 Å². The molecule has 22 heavy (non-hydrogen) atoms. The number of aryl methyl sites for hydroxylation is 1. The van der Waals surface area contributed by atoms with E-state index in [2.05, 4.69) is 27.8 Å². The lowest BCUT2D eigenvalue weighted by Gasteiger charge is -2.25. The van der Waals surface area contributed by atoms with Crippen molar-refractivity contribution < 1.29 is 4.79 Å². The average molecular weight is 316 g/mol. The lowest BCUT2D eigenvalue weighted by molar-refractivity contribution is 0.236. The maximum absolute atomic E-state index is 12.0. The van der Waals surface area contributed by atoms with Crippen LogP contribution in [-0.4, -0.2) is 27.9 Å². The lowest BCUT2D eigenvalue weighted by atomic mass is 10.0. The van der Waals surface area contributed by atoms with Gasteiger partial charge in [0.2, 0.25) is 0 Å². The molecule has 6 heteroatoms. The molecule has 2 aromatic rings. The number of fused-ring (bicyclic) bond motifs is 1. The van der Waals surface area contributed by atoms with Crippen LogP contribution in [0.15, 0.2) is 47.9 Å². The van der Waals surface area contributed by atoms with E-state index >= 15 is 0 Å². The lowest BCUT2D eigenvalue weighted by Crippen LogP contribution is -2.39. The number of nitrogens with one attached hydrogen (secondary N) is 2. The molecule has 0 spiro atoms. The van der Waals surface area contributed by atoms with E-state index in [1.807, 2.05) is 34.7 Å². The van der Waals surface area contributed by atoms with Gasteiger partial charge in [0.25, 0.3) is 0 Å². The number of carbonyl (C=O) groups is 1. The van der Waals surface area contributed by atoms with E-state index in [0.717, 1.165) is 25.1 Å². The van der Waals surface area contributed by atoms with Crippen LogP contribution in [0.5, 0.6) is 0 Å². The summed E-state index contributed by atoms with van der Waals surface area (Å²) in [6, 6.07) is 8.33. The van der Waals surface area contributed by atoms with E-state index in [0.29, 0.717) is 6.54 Å². The van der Waals surface area contributed by atoms with Crippen molar-refractivity contribution in [3.8, 4) is 0 Å². The molecular weight excluding hydrogens is 296 g/mol. The average Bonchev–Trinajstić information content (AvgIpc) is 3.05. The Balaban J connectivity index is 1.44. The summed E-state index contributed by atoms with van der Waals surface area (Å²) in [6.07, 6.45) is 7.34. The Hall–Kier alpha value is -1.95. The quantitative estimate of drug-likeness (QED) is 0.834. The van der Waals surface area contributed by atoms with Crippen molar-refractivity contribution >= 4 is 17.8 Å². The third-order valence-corrected chi connectivity index (χ3v) is 4.82. The maximum atomic E-state index is 12.0. The first-order valence-corrected chi connectivity index (χ1v) is 8.53. The zero-order valence-electron chi connectivity index (χ0n) is 12.4. The minimum absolute atomic E-state index is 0.0858. The highest BCUT2D eigenvalue weighted by Gasteiger charge is 2.21. The zero-order chi connectivity index (χ0) is 15.2. The summed E-state index contributed by atoms with van der Waals surface area (Å²) in [7, 11) is 0. The van der Waals surface area contributed by atoms with Crippen LogP contribution in [0.25, 0.3) is 0 Å². The van der Waals surface area contributed by atoms with E-state index in [9.17, 15) is 4.79 Å². The highest BCUT2D eigenvalue weighted by Crippen LogP contribution is 2.35. The SMILES string of the molecule is O=C(NCCCn1ccnc1)N[C@@H]1CCSc2ccccc21. The summed E-state index contributed by atoms with van der Waals surface area (Å²) in [5, 5.41) is 6.02. The second-order valence-corrected chi connectivity index (χ2v) is 6.42. The molecule has 0 unspecified atom stereocenters. The fourth-order valence-electron chi connectivity index (χ4n) is 2.58. The first kappa shape index (κ1) is 15.0. The van der Waals surface area contributed by atoms with Gasteiger partial charge in [-0.1, -0.05) is 18.2 Å². The van der Waals surface area contributed by atoms with Crippen LogP contribution in [0.2, 0.25) is 0 Å². The second kappa shape index (κ2) is 7.35. The summed E-state index contributed by atoms with van der Waals surface area (Å²) < 4.78 is 2.01. The number of imidazole rings is 1. The first-order chi connectivity index (χ1) is 10.8. The molecule has 1 aliphatic heterocycles. The van der Waals surface area contributed by atoms with Gasteiger partial charge in [0.05, 0.1) is 12.4 Å². The molecule has 1 aromatic carbocycles. The molecule has 0 fully saturated rings. The molecule has 2 heterocycles. The first-order valence-electron chi connectivity index (χ1n) is 7.55. The molecule has 1 aromatic heterocycles. The molecule has 0 saturated heterocycles. The van der Waals surface area contributed by atoms with Crippen LogP contribution in [0.1, 0.15) is 24.4 Å². The van der Waals surface area contributed by atoms with Gasteiger partial charge in [-0.15, -0.1) is 11.8 Å². The molecule has 116 valence electrons. The largest absolute Gasteiger partial charge is 0.338 e. The molecule has 1 atom stereocenters. The number of carbonyl (C=O) groups excluding carboxylic acids is 1. The topological polar surface area (TPSA) is 59.0 Å². The van der Waals surface area contributed by atoms with Crippen LogP contribution in [-0.2, 0) is 6.54 Å². The van der Waals surface area contributed by atoms with Crippen molar-refractivity contribution in [3.63, 3.8) is 0 Å². The number of hydrogen-bond acceptors (Lipinski definition) is 3. The number of amides is 2. The Kier molecular flexibility index (Phi) is 5.00. The van der Waals surface area contributed by atoms with Crippen molar-refractivity contribution in [1.29, 1.82) is 0 Å². The fraction of sp³-hybridized carbons (Fsp3) is 0.375. The van der Waals surface area contributed by atoms with E-state index < -0.39 is 0 Å². The Morgan fingerprint density at radius 1 is 1.41 bits per heavy atom. The smallest absolute Gasteiger partial charge is 0.315 e. The third kappa shape index (κ3) is 3.82. The Labute approximate surface area is 134 Å². The third-order valence-electron chi connectivity index (χ3n) is 3.70. The summed E-state index contributed by atoms with van der Waals surface area (Å²) in [4.78, 5) is 17.3. The van der Waals surface area contributed by atoms with Crippen LogP contribution < -0.4 is 10.6 Å². The monoisotopic (exact) mass is 316 g/mol. The van der Waals surface area contributed by atoms with Gasteiger partial charge >= 0.3 is 6.03 Å². The number of benzene rings is 1. The highest BCUT2D eigenvalue weighted by atomic mass is 32.2. The van der Waals surface area contributed by atoms with Gasteiger partial charge in [0.15, 0.2) is 0 Å². The van der Waals surface area contributed by atoms with Crippen molar-refractivity contribution in [2.24, 2.45) is 0 Å². The number of rotatable bonds is 5. The van der Waals surface area contributed by atoms with E-state index in [1.165, 1.54) is 10.5 Å². The van der Waals surface area contributed by atoms with Gasteiger partial charge in [-0.2, -0.15) is 0 Å². The molecule has 0 radical (unpaired) electrons. The van der Waals surface area contributed by atoms with Crippen LogP contribution in [0.3, 0.4) is 0 Å². The van der Waals surface area contributed by atoms with Gasteiger partial charge in [0.1, 0.15) is 0 Å². The normalized spacial score (nSPS) is 16.8. The van der Waals surface area contributed by atoms with Crippen LogP contribution in [0, 0.1) is 0 Å². The van der Waals surface area contributed by atoms with Gasteiger partial charge in [0, 0.05) is 36.1 Å². The number of thioether (sulfide) groups is 1. The summed E-state index contributed by atoms with van der Waals surface area (Å²) in [5.41, 5.74) is 1.23. The highest BCUT2D eigenvalue weighted by molar-refractivity contribution is 7.99. The van der Waals surface area contributed by atoms with Crippen LogP contribution in [0.4, 0.5) is 4.79 Å². The summed E-state index contributed by atoms with van der Waals surface area (Å²) in [6.45, 7) is 1.52. The minimum atomic E-state index is -0.0858. The van der Waals surface area contributed by atoms with Gasteiger partial charge in [-0.05, 0) is 24.5 Å². The maximum Gasteiger partial charge on any atom is 0.315 e. The summed E-state index contributed by atoms with van der Waals surface area (Å²) in [5.74, 6) is 1.04. The molecule has 0 bridgehead atoms. The molecule has 0 saturated carbocycles. The number of aromatic nitrogens is 2. The Morgan fingerprint density at radius 2 is 2.32 bits per heavy atom. The summed E-state index contributed by atoms with van der Waals surface area (Å²) >= 11 is 1.86. The number of hydrogen-bond donors (Lipinski definition) is 2. The zero-order valence-corrected chi connectivity index (χ0v) is 13.2. The number of urea groups is 1. The van der Waals surface area contributed by atoms with Crippen molar-refractivity contribution in [2.45, 2.75) is 30.3 Å². The van der Waals surface area contributed by atoms with E-state index in [1.54, 1.807) is 12.5 Å². The molecule has 5 nitrogen and oxygen atoms in total. The Bertz CT molecular complexity index is 614. The molecule has 0 aliphatic carbocycles. The number of nitrogens with zero attached hydrogens (tertiary/aromatic N) is 2. The van der Waals surface area contributed by atoms with Gasteiger partial charge in [-0.25, -0.2) is 9.78 Å². The second-order valence-electron chi connectivity index (χ2n) is 5.28.